The summed E-state index contributed by atoms with van der Waals surface area (Å²) in [6.07, 6.45) is 0. The molecule has 0 atom stereocenters. The second-order valence-electron chi connectivity index (χ2n) is 17.3. The van der Waals surface area contributed by atoms with Gasteiger partial charge in [0.1, 0.15) is 23.0 Å². The summed E-state index contributed by atoms with van der Waals surface area (Å²) < 4.78 is 12.6. The van der Waals surface area contributed by atoms with Crippen LogP contribution in [0.5, 0.6) is 23.0 Å². The van der Waals surface area contributed by atoms with Crippen molar-refractivity contribution >= 4 is 52.5 Å². The highest BCUT2D eigenvalue weighted by Gasteiger charge is 2.40. The van der Waals surface area contributed by atoms with Gasteiger partial charge in [-0.1, -0.05) is 77.9 Å². The van der Waals surface area contributed by atoms with Crippen molar-refractivity contribution in [2.75, 3.05) is 14.7 Å². The number of hydrogen-bond acceptors (Lipinski definition) is 8. The molecule has 0 saturated heterocycles. The van der Waals surface area contributed by atoms with Crippen molar-refractivity contribution in [3.8, 4) is 23.0 Å². The second-order valence-corrected chi connectivity index (χ2v) is 17.3. The van der Waals surface area contributed by atoms with Gasteiger partial charge in [0.15, 0.2) is 0 Å². The van der Waals surface area contributed by atoms with Crippen LogP contribution in [-0.2, 0) is 10.8 Å². The third-order valence-electron chi connectivity index (χ3n) is 11.1. The molecule has 0 N–H and O–H groups in total. The Labute approximate surface area is 351 Å². The van der Waals surface area contributed by atoms with Gasteiger partial charge in [0.05, 0.1) is 50.4 Å². The number of imide groups is 3. The number of ether oxygens (including phenoxy) is 2. The van der Waals surface area contributed by atoms with E-state index in [9.17, 15) is 28.8 Å². The van der Waals surface area contributed by atoms with Crippen LogP contribution >= 0.6 is 0 Å². The van der Waals surface area contributed by atoms with Gasteiger partial charge in [-0.05, 0) is 94.8 Å². The quantitative estimate of drug-likeness (QED) is 0.146. The molecular formula is C50H39N3O8. The number of rotatable bonds is 7. The first-order valence-electron chi connectivity index (χ1n) is 19.7. The largest absolute Gasteiger partial charge is 0.457 e. The molecule has 3 aliphatic rings. The summed E-state index contributed by atoms with van der Waals surface area (Å²) in [7, 11) is 0. The van der Waals surface area contributed by atoms with Crippen molar-refractivity contribution in [3.63, 3.8) is 0 Å². The van der Waals surface area contributed by atoms with Crippen LogP contribution < -0.4 is 24.2 Å². The number of anilines is 3. The van der Waals surface area contributed by atoms with Crippen LogP contribution in [0.15, 0.2) is 127 Å². The SMILES string of the molecule is CC(C)(C)c1ccc(N2C(=O)c3ccc(Oc4cc(Oc5ccc6c(c5)C(=O)N(c5ccc(C(C)(C)C)cc5)C6=O)cc(N5C(=O)c6ccccc6C5=O)c4)cc3C2=O)cc1. The van der Waals surface area contributed by atoms with Crippen molar-refractivity contribution in [2.24, 2.45) is 0 Å². The Morgan fingerprint density at radius 2 is 0.656 bits per heavy atom. The Bertz CT molecular complexity index is 2710. The van der Waals surface area contributed by atoms with Crippen molar-refractivity contribution in [1.29, 1.82) is 0 Å². The first-order valence-corrected chi connectivity index (χ1v) is 19.7. The molecular weight excluding hydrogens is 771 g/mol. The maximum atomic E-state index is 13.7. The summed E-state index contributed by atoms with van der Waals surface area (Å²) in [5.74, 6) is -2.37. The average Bonchev–Trinajstić information content (AvgIpc) is 3.74. The van der Waals surface area contributed by atoms with Gasteiger partial charge in [-0.3, -0.25) is 28.8 Å². The summed E-state index contributed by atoms with van der Waals surface area (Å²) in [6.45, 7) is 12.5. The van der Waals surface area contributed by atoms with Gasteiger partial charge in [-0.25, -0.2) is 14.7 Å². The monoisotopic (exact) mass is 809 g/mol. The van der Waals surface area contributed by atoms with Gasteiger partial charge >= 0.3 is 0 Å². The standard InChI is InChI=1S/C50H39N3O8/c1-49(2,3)28-11-15-30(16-12-28)51-45(56)39-21-19-33(26-41(39)47(51)58)60-35-23-32(53-43(54)37-9-7-8-10-38(37)44(53)55)24-36(25-35)61-34-20-22-40-42(27-34)48(59)52(46(40)57)31-17-13-29(14-18-31)50(4,5)6/h7-27H,1-6H3. The zero-order valence-corrected chi connectivity index (χ0v) is 34.2. The lowest BCUT2D eigenvalue weighted by Crippen LogP contribution is -2.29. The molecule has 0 saturated carbocycles. The zero-order chi connectivity index (χ0) is 43.1. The number of amides is 6. The molecule has 11 nitrogen and oxygen atoms in total. The fourth-order valence-electron chi connectivity index (χ4n) is 7.76. The lowest BCUT2D eigenvalue weighted by molar-refractivity contribution is 0.0910. The summed E-state index contributed by atoms with van der Waals surface area (Å²) >= 11 is 0. The Kier molecular flexibility index (Phi) is 8.90. The molecule has 3 aliphatic heterocycles. The van der Waals surface area contributed by atoms with Crippen LogP contribution in [0.1, 0.15) is 115 Å². The van der Waals surface area contributed by atoms with E-state index in [2.05, 4.69) is 41.5 Å². The van der Waals surface area contributed by atoms with Gasteiger partial charge < -0.3 is 9.47 Å². The van der Waals surface area contributed by atoms with Crippen LogP contribution in [0.4, 0.5) is 17.1 Å². The molecule has 9 rings (SSSR count). The first kappa shape index (κ1) is 38.8. The van der Waals surface area contributed by atoms with E-state index in [-0.39, 0.29) is 72.9 Å². The number of fused-ring (bicyclic) bond motifs is 3. The maximum absolute atomic E-state index is 13.7. The number of benzene rings is 6. The van der Waals surface area contributed by atoms with Crippen molar-refractivity contribution < 1.29 is 38.2 Å². The van der Waals surface area contributed by atoms with Crippen LogP contribution in [0.25, 0.3) is 0 Å². The molecule has 0 aliphatic carbocycles. The normalized spacial score (nSPS) is 14.8. The van der Waals surface area contributed by atoms with Crippen LogP contribution in [0.3, 0.4) is 0 Å². The van der Waals surface area contributed by atoms with Crippen LogP contribution in [0.2, 0.25) is 0 Å². The van der Waals surface area contributed by atoms with E-state index in [0.29, 0.717) is 11.4 Å². The molecule has 0 unspecified atom stereocenters. The molecule has 3 heterocycles. The number of carbonyl (C=O) groups is 6. The highest BCUT2D eigenvalue weighted by molar-refractivity contribution is 6.36. The average molecular weight is 810 g/mol. The summed E-state index contributed by atoms with van der Waals surface area (Å²) in [5.41, 5.74) is 4.09. The van der Waals surface area contributed by atoms with Crippen LogP contribution in [-0.4, -0.2) is 35.4 Å². The first-order chi connectivity index (χ1) is 29.0. The Morgan fingerprint density at radius 1 is 0.328 bits per heavy atom. The van der Waals surface area contributed by atoms with E-state index in [1.54, 1.807) is 60.7 Å². The highest BCUT2D eigenvalue weighted by atomic mass is 16.5. The molecule has 0 fully saturated rings. The molecule has 0 aromatic heterocycles. The van der Waals surface area contributed by atoms with E-state index >= 15 is 0 Å². The van der Waals surface area contributed by atoms with E-state index in [4.69, 9.17) is 9.47 Å². The van der Waals surface area contributed by atoms with Gasteiger partial charge in [0, 0.05) is 18.2 Å². The predicted molar refractivity (Wildman–Crippen MR) is 230 cm³/mol. The van der Waals surface area contributed by atoms with E-state index in [1.165, 1.54) is 42.5 Å². The smallest absolute Gasteiger partial charge is 0.266 e. The fraction of sp³-hybridized carbons (Fsp3) is 0.160. The second kappa shape index (κ2) is 14.0. The molecule has 0 spiro atoms. The molecule has 11 heteroatoms. The number of nitrogens with zero attached hydrogens (tertiary/aromatic N) is 3. The predicted octanol–water partition coefficient (Wildman–Crippen LogP) is 10.3. The lowest BCUT2D eigenvalue weighted by atomic mass is 9.87. The van der Waals surface area contributed by atoms with Crippen molar-refractivity contribution in [3.05, 3.63) is 172 Å². The number of hydrogen-bond donors (Lipinski definition) is 0. The molecule has 6 amide bonds. The van der Waals surface area contributed by atoms with Crippen LogP contribution in [0, 0.1) is 0 Å². The lowest BCUT2D eigenvalue weighted by Gasteiger charge is -2.20. The maximum Gasteiger partial charge on any atom is 0.266 e. The Balaban J connectivity index is 1.03. The minimum Gasteiger partial charge on any atom is -0.457 e. The molecule has 61 heavy (non-hydrogen) atoms. The third-order valence-corrected chi connectivity index (χ3v) is 11.1. The summed E-state index contributed by atoms with van der Waals surface area (Å²) in [6, 6.07) is 34.7. The van der Waals surface area contributed by atoms with E-state index in [0.717, 1.165) is 25.8 Å². The highest BCUT2D eigenvalue weighted by Crippen LogP contribution is 2.40. The van der Waals surface area contributed by atoms with Gasteiger partial charge in [-0.2, -0.15) is 0 Å². The minimum absolute atomic E-state index is 0.114. The molecule has 0 radical (unpaired) electrons. The van der Waals surface area contributed by atoms with Crippen molar-refractivity contribution in [1.82, 2.24) is 0 Å². The molecule has 6 aromatic rings. The van der Waals surface area contributed by atoms with E-state index in [1.807, 2.05) is 24.3 Å². The van der Waals surface area contributed by atoms with Gasteiger partial charge in [0.25, 0.3) is 35.4 Å². The van der Waals surface area contributed by atoms with E-state index < -0.39 is 35.4 Å². The van der Waals surface area contributed by atoms with Gasteiger partial charge in [0.2, 0.25) is 0 Å². The Hall–Kier alpha value is -7.66. The zero-order valence-electron chi connectivity index (χ0n) is 34.2. The minimum atomic E-state index is -0.543. The Morgan fingerprint density at radius 3 is 1.02 bits per heavy atom. The topological polar surface area (TPSA) is 131 Å². The summed E-state index contributed by atoms with van der Waals surface area (Å²) in [5, 5.41) is 0. The molecule has 0 bridgehead atoms. The fourth-order valence-corrected chi connectivity index (χ4v) is 7.76. The summed E-state index contributed by atoms with van der Waals surface area (Å²) in [4.78, 5) is 85.0. The van der Waals surface area contributed by atoms with Crippen molar-refractivity contribution in [2.45, 2.75) is 52.4 Å². The molecule has 6 aromatic carbocycles. The third kappa shape index (κ3) is 6.64. The van der Waals surface area contributed by atoms with Gasteiger partial charge in [-0.15, -0.1) is 0 Å². The number of carbonyl (C=O) groups excluding carboxylic acids is 6. The molecule has 302 valence electrons.